The molecule has 0 radical (unpaired) electrons. The number of nitro benzene ring substituents is 1. The van der Waals surface area contributed by atoms with Crippen molar-refractivity contribution in [2.45, 2.75) is 6.54 Å². The molecule has 1 heterocycles. The van der Waals surface area contributed by atoms with Crippen LogP contribution in [0.3, 0.4) is 0 Å². The van der Waals surface area contributed by atoms with Crippen LogP contribution in [0.1, 0.15) is 5.56 Å². The van der Waals surface area contributed by atoms with E-state index >= 15 is 0 Å². The fourth-order valence-corrected chi connectivity index (χ4v) is 1.68. The van der Waals surface area contributed by atoms with Crippen molar-refractivity contribution in [2.75, 3.05) is 0 Å². The van der Waals surface area contributed by atoms with Crippen molar-refractivity contribution >= 4 is 23.0 Å². The van der Waals surface area contributed by atoms with Gasteiger partial charge >= 0.3 is 5.69 Å². The van der Waals surface area contributed by atoms with Crippen LogP contribution < -0.4 is 0 Å². The summed E-state index contributed by atoms with van der Waals surface area (Å²) in [6.45, 7) is 0.119. The molecule has 2 rings (SSSR count). The number of halogens is 1. The SMILES string of the molecule is O=[N+]([O-])c1ccc(Cl)c(Cn2cc([N+](=O)[O-])cn2)c1. The lowest BCUT2D eigenvalue weighted by Gasteiger charge is -2.03. The topological polar surface area (TPSA) is 104 Å². The van der Waals surface area contributed by atoms with Crippen LogP contribution in [-0.4, -0.2) is 19.6 Å². The van der Waals surface area contributed by atoms with Crippen molar-refractivity contribution in [1.82, 2.24) is 9.78 Å². The molecule has 0 aliphatic heterocycles. The van der Waals surface area contributed by atoms with E-state index in [0.717, 1.165) is 6.20 Å². The molecule has 0 amide bonds. The summed E-state index contributed by atoms with van der Waals surface area (Å²) in [6.07, 6.45) is 2.33. The molecule has 0 saturated heterocycles. The zero-order valence-electron chi connectivity index (χ0n) is 9.39. The lowest BCUT2D eigenvalue weighted by Crippen LogP contribution is -2.01. The molecule has 0 aliphatic carbocycles. The Morgan fingerprint density at radius 1 is 1.21 bits per heavy atom. The molecular weight excluding hydrogens is 276 g/mol. The monoisotopic (exact) mass is 282 g/mol. The first-order chi connectivity index (χ1) is 8.97. The van der Waals surface area contributed by atoms with Gasteiger partial charge in [0.15, 0.2) is 0 Å². The summed E-state index contributed by atoms with van der Waals surface area (Å²) >= 11 is 5.92. The Morgan fingerprint density at radius 2 is 1.89 bits per heavy atom. The van der Waals surface area contributed by atoms with Crippen molar-refractivity contribution in [3.8, 4) is 0 Å². The molecule has 8 nitrogen and oxygen atoms in total. The summed E-state index contributed by atoms with van der Waals surface area (Å²) in [4.78, 5) is 20.1. The smallest absolute Gasteiger partial charge is 0.261 e. The Labute approximate surface area is 111 Å². The van der Waals surface area contributed by atoms with Crippen LogP contribution in [-0.2, 0) is 6.54 Å². The maximum absolute atomic E-state index is 10.7. The highest BCUT2D eigenvalue weighted by molar-refractivity contribution is 6.31. The Bertz CT molecular complexity index is 655. The summed E-state index contributed by atoms with van der Waals surface area (Å²) < 4.78 is 1.29. The van der Waals surface area contributed by atoms with Crippen LogP contribution in [0.25, 0.3) is 0 Å². The summed E-state index contributed by atoms with van der Waals surface area (Å²) in [5.41, 5.74) is 0.219. The zero-order valence-corrected chi connectivity index (χ0v) is 10.1. The number of hydrogen-bond acceptors (Lipinski definition) is 5. The predicted molar refractivity (Wildman–Crippen MR) is 66.1 cm³/mol. The van der Waals surface area contributed by atoms with Gasteiger partial charge in [0.2, 0.25) is 0 Å². The third-order valence-electron chi connectivity index (χ3n) is 2.40. The fraction of sp³-hybridized carbons (Fsp3) is 0.100. The third kappa shape index (κ3) is 2.86. The first-order valence-electron chi connectivity index (χ1n) is 5.07. The standard InChI is InChI=1S/C10H7ClN4O4/c11-10-2-1-8(14(16)17)3-7(10)5-13-6-9(4-12-13)15(18)19/h1-4,6H,5H2. The molecule has 98 valence electrons. The van der Waals surface area contributed by atoms with Crippen LogP contribution in [0.5, 0.6) is 0 Å². The first kappa shape index (κ1) is 13.0. The van der Waals surface area contributed by atoms with E-state index in [2.05, 4.69) is 5.10 Å². The van der Waals surface area contributed by atoms with Crippen molar-refractivity contribution < 1.29 is 9.85 Å². The molecular formula is C10H7ClN4O4. The number of non-ortho nitro benzene ring substituents is 1. The van der Waals surface area contributed by atoms with Crippen LogP contribution >= 0.6 is 11.6 Å². The minimum Gasteiger partial charge on any atom is -0.261 e. The Balaban J connectivity index is 2.29. The minimum absolute atomic E-state index is 0.0962. The number of nitrogens with zero attached hydrogens (tertiary/aromatic N) is 4. The van der Waals surface area contributed by atoms with Crippen molar-refractivity contribution in [3.05, 3.63) is 61.4 Å². The number of hydrogen-bond donors (Lipinski definition) is 0. The third-order valence-corrected chi connectivity index (χ3v) is 2.77. The normalized spacial score (nSPS) is 10.4. The largest absolute Gasteiger partial charge is 0.307 e. The summed E-state index contributed by atoms with van der Waals surface area (Å²) in [7, 11) is 0. The van der Waals surface area contributed by atoms with Crippen molar-refractivity contribution in [1.29, 1.82) is 0 Å². The molecule has 1 aromatic carbocycles. The molecule has 0 atom stereocenters. The minimum atomic E-state index is -0.571. The second-order valence-electron chi connectivity index (χ2n) is 3.69. The summed E-state index contributed by atoms with van der Waals surface area (Å²) in [5, 5.41) is 25.3. The second-order valence-corrected chi connectivity index (χ2v) is 4.09. The first-order valence-corrected chi connectivity index (χ1v) is 5.45. The van der Waals surface area contributed by atoms with Crippen LogP contribution in [0, 0.1) is 20.2 Å². The lowest BCUT2D eigenvalue weighted by molar-refractivity contribution is -0.385. The van der Waals surface area contributed by atoms with E-state index in [1.807, 2.05) is 0 Å². The van der Waals surface area contributed by atoms with E-state index in [9.17, 15) is 20.2 Å². The molecule has 1 aromatic heterocycles. The van der Waals surface area contributed by atoms with Gasteiger partial charge in [-0.1, -0.05) is 11.6 Å². The molecule has 0 bridgehead atoms. The van der Waals surface area contributed by atoms with Gasteiger partial charge < -0.3 is 0 Å². The van der Waals surface area contributed by atoms with E-state index in [4.69, 9.17) is 11.6 Å². The van der Waals surface area contributed by atoms with Crippen LogP contribution in [0.2, 0.25) is 5.02 Å². The summed E-state index contributed by atoms with van der Waals surface area (Å²) in [6, 6.07) is 4.01. The van der Waals surface area contributed by atoms with Gasteiger partial charge in [0, 0.05) is 17.2 Å². The van der Waals surface area contributed by atoms with E-state index in [0.29, 0.717) is 10.6 Å². The molecule has 0 unspecified atom stereocenters. The highest BCUT2D eigenvalue weighted by atomic mass is 35.5. The lowest BCUT2D eigenvalue weighted by atomic mass is 10.2. The van der Waals surface area contributed by atoms with Crippen LogP contribution in [0.4, 0.5) is 11.4 Å². The van der Waals surface area contributed by atoms with Gasteiger partial charge in [-0.25, -0.2) is 0 Å². The van der Waals surface area contributed by atoms with Gasteiger partial charge in [-0.3, -0.25) is 24.9 Å². The average molecular weight is 283 g/mol. The number of rotatable bonds is 4. The molecule has 2 aromatic rings. The fourth-order valence-electron chi connectivity index (χ4n) is 1.50. The molecule has 0 N–H and O–H groups in total. The number of benzene rings is 1. The quantitative estimate of drug-likeness (QED) is 0.632. The van der Waals surface area contributed by atoms with E-state index in [-0.39, 0.29) is 17.9 Å². The van der Waals surface area contributed by atoms with Gasteiger partial charge in [0.1, 0.15) is 12.4 Å². The molecule has 0 saturated carbocycles. The molecule has 19 heavy (non-hydrogen) atoms. The van der Waals surface area contributed by atoms with Crippen molar-refractivity contribution in [2.24, 2.45) is 0 Å². The predicted octanol–water partition coefficient (Wildman–Crippen LogP) is 2.40. The van der Waals surface area contributed by atoms with Gasteiger partial charge in [-0.15, -0.1) is 0 Å². The van der Waals surface area contributed by atoms with Gasteiger partial charge in [0.05, 0.1) is 16.4 Å². The molecule has 0 fully saturated rings. The maximum Gasteiger partial charge on any atom is 0.307 e. The number of aromatic nitrogens is 2. The zero-order chi connectivity index (χ0) is 14.0. The second kappa shape index (κ2) is 5.02. The molecule has 0 aliphatic rings. The molecule has 0 spiro atoms. The highest BCUT2D eigenvalue weighted by Crippen LogP contribution is 2.23. The van der Waals surface area contributed by atoms with E-state index in [1.54, 1.807) is 0 Å². The van der Waals surface area contributed by atoms with Crippen molar-refractivity contribution in [3.63, 3.8) is 0 Å². The Kier molecular flexibility index (Phi) is 3.43. The highest BCUT2D eigenvalue weighted by Gasteiger charge is 2.13. The summed E-state index contributed by atoms with van der Waals surface area (Å²) in [5.74, 6) is 0. The van der Waals surface area contributed by atoms with Crippen LogP contribution in [0.15, 0.2) is 30.6 Å². The van der Waals surface area contributed by atoms with Gasteiger partial charge in [0.25, 0.3) is 5.69 Å². The van der Waals surface area contributed by atoms with Gasteiger partial charge in [-0.2, -0.15) is 5.10 Å². The average Bonchev–Trinajstić information content (AvgIpc) is 2.80. The maximum atomic E-state index is 10.7. The Hall–Kier alpha value is -2.48. The number of nitro groups is 2. The van der Waals surface area contributed by atoms with E-state index in [1.165, 1.54) is 29.1 Å². The van der Waals surface area contributed by atoms with Gasteiger partial charge in [-0.05, 0) is 11.6 Å². The molecule has 9 heteroatoms. The van der Waals surface area contributed by atoms with E-state index < -0.39 is 9.85 Å². The Morgan fingerprint density at radius 3 is 2.47 bits per heavy atom.